The lowest BCUT2D eigenvalue weighted by Crippen LogP contribution is -2.28. The Kier molecular flexibility index (Phi) is 7.47. The molecule has 1 aromatic heterocycles. The van der Waals surface area contributed by atoms with Crippen molar-refractivity contribution in [1.29, 1.82) is 0 Å². The second-order valence-corrected chi connectivity index (χ2v) is 10.9. The van der Waals surface area contributed by atoms with Gasteiger partial charge < -0.3 is 5.32 Å². The van der Waals surface area contributed by atoms with E-state index < -0.39 is 10.0 Å². The standard InChI is InChI=1S/C25H27N3O3S2/c1-19(20-9-11-22(12-10-20)21-7-3-2-4-8-21)27-24(29)18-32-25-14-13-23(17-26-25)33(30,31)28-15-5-6-16-28/h2-4,7-14,17,19H,5-6,15-16,18H2,1H3,(H,27,29)/t19-/m1/s1. The highest BCUT2D eigenvalue weighted by Gasteiger charge is 2.27. The Morgan fingerprint density at radius 1 is 1.00 bits per heavy atom. The minimum absolute atomic E-state index is 0.102. The predicted octanol–water partition coefficient (Wildman–Crippen LogP) is 4.50. The molecule has 0 spiro atoms. The molecule has 1 aliphatic heterocycles. The van der Waals surface area contributed by atoms with Crippen molar-refractivity contribution in [3.05, 3.63) is 78.5 Å². The molecule has 0 saturated carbocycles. The fourth-order valence-electron chi connectivity index (χ4n) is 3.78. The number of nitrogens with one attached hydrogen (secondary N) is 1. The van der Waals surface area contributed by atoms with Crippen LogP contribution in [0.15, 0.2) is 82.8 Å². The molecule has 6 nitrogen and oxygen atoms in total. The van der Waals surface area contributed by atoms with Crippen LogP contribution in [-0.4, -0.2) is 42.5 Å². The molecular formula is C25H27N3O3S2. The molecule has 3 aromatic rings. The van der Waals surface area contributed by atoms with E-state index in [-0.39, 0.29) is 22.6 Å². The highest BCUT2D eigenvalue weighted by Crippen LogP contribution is 2.24. The van der Waals surface area contributed by atoms with E-state index in [0.29, 0.717) is 18.1 Å². The zero-order chi connectivity index (χ0) is 23.3. The summed E-state index contributed by atoms with van der Waals surface area (Å²) in [5.74, 6) is 0.104. The van der Waals surface area contributed by atoms with E-state index >= 15 is 0 Å². The van der Waals surface area contributed by atoms with Gasteiger partial charge in [0.1, 0.15) is 4.90 Å². The summed E-state index contributed by atoms with van der Waals surface area (Å²) in [4.78, 5) is 16.9. The third-order valence-electron chi connectivity index (χ3n) is 5.66. The van der Waals surface area contributed by atoms with Gasteiger partial charge in [-0.05, 0) is 48.6 Å². The fourth-order valence-corrected chi connectivity index (χ4v) is 5.90. The number of pyridine rings is 1. The number of carbonyl (C=O) groups excluding carboxylic acids is 1. The molecule has 1 saturated heterocycles. The third kappa shape index (κ3) is 5.82. The number of benzene rings is 2. The Bertz CT molecular complexity index is 1180. The number of hydrogen-bond acceptors (Lipinski definition) is 5. The molecule has 0 aliphatic carbocycles. The first-order chi connectivity index (χ1) is 15.9. The second kappa shape index (κ2) is 10.5. The Morgan fingerprint density at radius 3 is 2.30 bits per heavy atom. The third-order valence-corrected chi connectivity index (χ3v) is 8.48. The van der Waals surface area contributed by atoms with E-state index in [4.69, 9.17) is 0 Å². The van der Waals surface area contributed by atoms with Crippen LogP contribution in [0.5, 0.6) is 0 Å². The first-order valence-corrected chi connectivity index (χ1v) is 13.4. The van der Waals surface area contributed by atoms with Gasteiger partial charge in [-0.2, -0.15) is 4.31 Å². The zero-order valence-corrected chi connectivity index (χ0v) is 20.1. The Balaban J connectivity index is 1.29. The van der Waals surface area contributed by atoms with Gasteiger partial charge in [0.05, 0.1) is 16.8 Å². The van der Waals surface area contributed by atoms with Crippen LogP contribution in [0.25, 0.3) is 11.1 Å². The first kappa shape index (κ1) is 23.5. The minimum atomic E-state index is -3.47. The Morgan fingerprint density at radius 2 is 1.67 bits per heavy atom. The summed E-state index contributed by atoms with van der Waals surface area (Å²) in [6.07, 6.45) is 3.17. The SMILES string of the molecule is C[C@@H](NC(=O)CSc1ccc(S(=O)(=O)N2CCCC2)cn1)c1ccc(-c2ccccc2)cc1. The number of thioether (sulfide) groups is 1. The maximum absolute atomic E-state index is 12.6. The van der Waals surface area contributed by atoms with Crippen molar-refractivity contribution in [2.24, 2.45) is 0 Å². The van der Waals surface area contributed by atoms with Crippen LogP contribution in [0, 0.1) is 0 Å². The van der Waals surface area contributed by atoms with Gasteiger partial charge in [-0.3, -0.25) is 4.79 Å². The van der Waals surface area contributed by atoms with Gasteiger partial charge >= 0.3 is 0 Å². The molecule has 0 unspecified atom stereocenters. The van der Waals surface area contributed by atoms with E-state index in [1.807, 2.05) is 37.3 Å². The monoisotopic (exact) mass is 481 g/mol. The van der Waals surface area contributed by atoms with E-state index in [0.717, 1.165) is 29.5 Å². The van der Waals surface area contributed by atoms with Gasteiger partial charge in [0.25, 0.3) is 0 Å². The Hall–Kier alpha value is -2.68. The summed E-state index contributed by atoms with van der Waals surface area (Å²) in [6.45, 7) is 3.08. The number of carbonyl (C=O) groups is 1. The number of sulfonamides is 1. The maximum Gasteiger partial charge on any atom is 0.244 e. The average molecular weight is 482 g/mol. The van der Waals surface area contributed by atoms with Gasteiger partial charge in [0, 0.05) is 19.3 Å². The summed E-state index contributed by atoms with van der Waals surface area (Å²) >= 11 is 1.29. The van der Waals surface area contributed by atoms with Gasteiger partial charge in [0.2, 0.25) is 15.9 Å². The highest BCUT2D eigenvalue weighted by molar-refractivity contribution is 7.99. The molecule has 1 amide bonds. The van der Waals surface area contributed by atoms with Crippen LogP contribution >= 0.6 is 11.8 Å². The molecule has 0 radical (unpaired) electrons. The van der Waals surface area contributed by atoms with Crippen molar-refractivity contribution in [3.63, 3.8) is 0 Å². The quantitative estimate of drug-likeness (QED) is 0.479. The second-order valence-electron chi connectivity index (χ2n) is 8.01. The van der Waals surface area contributed by atoms with Gasteiger partial charge in [-0.15, -0.1) is 0 Å². The van der Waals surface area contributed by atoms with Gasteiger partial charge in [-0.25, -0.2) is 13.4 Å². The van der Waals surface area contributed by atoms with Crippen molar-refractivity contribution in [3.8, 4) is 11.1 Å². The summed E-state index contributed by atoms with van der Waals surface area (Å²) in [5, 5.41) is 3.62. The van der Waals surface area contributed by atoms with Crippen molar-refractivity contribution in [2.75, 3.05) is 18.8 Å². The molecule has 8 heteroatoms. The fraction of sp³-hybridized carbons (Fsp3) is 0.280. The molecule has 172 valence electrons. The van der Waals surface area contributed by atoms with Gasteiger partial charge in [-0.1, -0.05) is 66.4 Å². The molecule has 1 fully saturated rings. The van der Waals surface area contributed by atoms with Crippen molar-refractivity contribution in [2.45, 2.75) is 35.7 Å². The number of hydrogen-bond donors (Lipinski definition) is 1. The number of amides is 1. The molecule has 2 aromatic carbocycles. The zero-order valence-electron chi connectivity index (χ0n) is 18.5. The van der Waals surface area contributed by atoms with Crippen LogP contribution < -0.4 is 5.32 Å². The van der Waals surface area contributed by atoms with Crippen LogP contribution in [0.3, 0.4) is 0 Å². The van der Waals surface area contributed by atoms with Crippen LogP contribution in [-0.2, 0) is 14.8 Å². The summed E-state index contributed by atoms with van der Waals surface area (Å²) < 4.78 is 26.7. The summed E-state index contributed by atoms with van der Waals surface area (Å²) in [5.41, 5.74) is 3.32. The number of rotatable bonds is 8. The molecular weight excluding hydrogens is 454 g/mol. The lowest BCUT2D eigenvalue weighted by Gasteiger charge is -2.16. The lowest BCUT2D eigenvalue weighted by molar-refractivity contribution is -0.119. The number of nitrogens with zero attached hydrogens (tertiary/aromatic N) is 2. The molecule has 2 heterocycles. The number of aromatic nitrogens is 1. The molecule has 1 N–H and O–H groups in total. The van der Waals surface area contributed by atoms with E-state index in [1.165, 1.54) is 22.3 Å². The normalized spacial score (nSPS) is 15.3. The Labute approximate surface area is 199 Å². The molecule has 4 rings (SSSR count). The van der Waals surface area contributed by atoms with E-state index in [2.05, 4.69) is 34.6 Å². The average Bonchev–Trinajstić information content (AvgIpc) is 3.40. The lowest BCUT2D eigenvalue weighted by atomic mass is 10.0. The maximum atomic E-state index is 12.6. The smallest absolute Gasteiger partial charge is 0.244 e. The topological polar surface area (TPSA) is 79.4 Å². The highest BCUT2D eigenvalue weighted by atomic mass is 32.2. The van der Waals surface area contributed by atoms with Gasteiger partial charge in [0.15, 0.2) is 0 Å². The van der Waals surface area contributed by atoms with E-state index in [1.54, 1.807) is 12.1 Å². The molecule has 0 bridgehead atoms. The minimum Gasteiger partial charge on any atom is -0.349 e. The summed E-state index contributed by atoms with van der Waals surface area (Å²) in [7, 11) is -3.47. The molecule has 1 aliphatic rings. The largest absolute Gasteiger partial charge is 0.349 e. The molecule has 33 heavy (non-hydrogen) atoms. The predicted molar refractivity (Wildman–Crippen MR) is 131 cm³/mol. The summed E-state index contributed by atoms with van der Waals surface area (Å²) in [6, 6.07) is 21.4. The van der Waals surface area contributed by atoms with Crippen LogP contribution in [0.1, 0.15) is 31.4 Å². The first-order valence-electron chi connectivity index (χ1n) is 11.0. The van der Waals surface area contributed by atoms with Crippen molar-refractivity contribution in [1.82, 2.24) is 14.6 Å². The van der Waals surface area contributed by atoms with Crippen LogP contribution in [0.4, 0.5) is 0 Å². The van der Waals surface area contributed by atoms with E-state index in [9.17, 15) is 13.2 Å². The van der Waals surface area contributed by atoms with Crippen LogP contribution in [0.2, 0.25) is 0 Å². The molecule has 1 atom stereocenters. The van der Waals surface area contributed by atoms with Crippen molar-refractivity contribution >= 4 is 27.7 Å². The van der Waals surface area contributed by atoms with Crippen molar-refractivity contribution < 1.29 is 13.2 Å².